The average Bonchev–Trinajstić information content (AvgIpc) is 2.75. The minimum Gasteiger partial charge on any atom is -0.496 e. The third-order valence-electron chi connectivity index (χ3n) is 3.95. The van der Waals surface area contributed by atoms with Crippen LogP contribution >= 0.6 is 0 Å². The minimum absolute atomic E-state index is 0.209. The highest BCUT2D eigenvalue weighted by Crippen LogP contribution is 2.15. The molecule has 0 spiro atoms. The molecule has 3 aromatic rings. The van der Waals surface area contributed by atoms with E-state index in [1.807, 2.05) is 30.3 Å². The molecule has 0 aliphatic rings. The first-order chi connectivity index (χ1) is 13.7. The van der Waals surface area contributed by atoms with Gasteiger partial charge in [-0.25, -0.2) is 5.43 Å². The number of nitrogens with one attached hydrogen (secondary N) is 2. The summed E-state index contributed by atoms with van der Waals surface area (Å²) in [6.45, 7) is 0. The van der Waals surface area contributed by atoms with E-state index in [9.17, 15) is 9.59 Å². The Morgan fingerprint density at radius 2 is 1.46 bits per heavy atom. The molecule has 0 aromatic heterocycles. The van der Waals surface area contributed by atoms with E-state index in [4.69, 9.17) is 4.74 Å². The Kier molecular flexibility index (Phi) is 6.15. The Morgan fingerprint density at radius 1 is 0.821 bits per heavy atom. The molecule has 0 saturated carbocycles. The van der Waals surface area contributed by atoms with Crippen LogP contribution in [0, 0.1) is 0 Å². The maximum atomic E-state index is 12.2. The van der Waals surface area contributed by atoms with Gasteiger partial charge in [0.15, 0.2) is 0 Å². The third-order valence-corrected chi connectivity index (χ3v) is 3.95. The van der Waals surface area contributed by atoms with Gasteiger partial charge in [0.05, 0.1) is 13.3 Å². The summed E-state index contributed by atoms with van der Waals surface area (Å²) >= 11 is 0. The van der Waals surface area contributed by atoms with Crippen molar-refractivity contribution in [1.82, 2.24) is 5.43 Å². The summed E-state index contributed by atoms with van der Waals surface area (Å²) in [5.74, 6) is 0.102. The van der Waals surface area contributed by atoms with Crippen LogP contribution in [0.5, 0.6) is 5.75 Å². The van der Waals surface area contributed by atoms with Crippen molar-refractivity contribution < 1.29 is 14.3 Å². The largest absolute Gasteiger partial charge is 0.496 e. The molecule has 0 atom stereocenters. The zero-order chi connectivity index (χ0) is 19.8. The summed E-state index contributed by atoms with van der Waals surface area (Å²) in [6, 6.07) is 22.8. The normalized spacial score (nSPS) is 10.5. The Bertz CT molecular complexity index is 983. The lowest BCUT2D eigenvalue weighted by atomic mass is 10.1. The fraction of sp³-hybridized carbons (Fsp3) is 0.0455. The Morgan fingerprint density at radius 3 is 2.18 bits per heavy atom. The van der Waals surface area contributed by atoms with Crippen LogP contribution in [-0.4, -0.2) is 25.1 Å². The van der Waals surface area contributed by atoms with Gasteiger partial charge in [0.25, 0.3) is 11.8 Å². The molecule has 0 aliphatic carbocycles. The number of amides is 2. The first-order valence-corrected chi connectivity index (χ1v) is 8.60. The topological polar surface area (TPSA) is 79.8 Å². The number of ether oxygens (including phenoxy) is 1. The van der Waals surface area contributed by atoms with E-state index >= 15 is 0 Å². The van der Waals surface area contributed by atoms with Gasteiger partial charge < -0.3 is 10.1 Å². The van der Waals surface area contributed by atoms with Crippen molar-refractivity contribution in [3.05, 3.63) is 95.6 Å². The highest BCUT2D eigenvalue weighted by molar-refractivity contribution is 6.04. The number of nitrogens with zero attached hydrogens (tertiary/aromatic N) is 1. The number of hydrogen-bond donors (Lipinski definition) is 2. The van der Waals surface area contributed by atoms with Gasteiger partial charge in [0.2, 0.25) is 0 Å². The number of para-hydroxylation sites is 1. The predicted molar refractivity (Wildman–Crippen MR) is 109 cm³/mol. The fourth-order valence-electron chi connectivity index (χ4n) is 2.50. The molecular weight excluding hydrogens is 354 g/mol. The van der Waals surface area contributed by atoms with Gasteiger partial charge in [-0.1, -0.05) is 30.3 Å². The number of benzene rings is 3. The van der Waals surface area contributed by atoms with Crippen LogP contribution in [0.2, 0.25) is 0 Å². The molecule has 0 unspecified atom stereocenters. The van der Waals surface area contributed by atoms with Gasteiger partial charge in [0.1, 0.15) is 5.75 Å². The van der Waals surface area contributed by atoms with E-state index in [1.54, 1.807) is 55.6 Å². The van der Waals surface area contributed by atoms with E-state index in [0.29, 0.717) is 22.6 Å². The van der Waals surface area contributed by atoms with Gasteiger partial charge in [0, 0.05) is 22.4 Å². The average molecular weight is 373 g/mol. The summed E-state index contributed by atoms with van der Waals surface area (Å²) in [5, 5.41) is 6.75. The molecule has 0 aliphatic heterocycles. The van der Waals surface area contributed by atoms with E-state index in [2.05, 4.69) is 15.8 Å². The Balaban J connectivity index is 1.59. The first kappa shape index (κ1) is 18.8. The number of hydrogen-bond acceptors (Lipinski definition) is 4. The van der Waals surface area contributed by atoms with Crippen LogP contribution < -0.4 is 15.5 Å². The molecule has 2 amide bonds. The molecule has 0 radical (unpaired) electrons. The number of anilines is 1. The molecular formula is C22H19N3O3. The second kappa shape index (κ2) is 9.14. The van der Waals surface area contributed by atoms with Crippen molar-refractivity contribution in [2.75, 3.05) is 12.4 Å². The van der Waals surface area contributed by atoms with E-state index in [1.165, 1.54) is 6.21 Å². The quantitative estimate of drug-likeness (QED) is 0.511. The molecule has 0 saturated heterocycles. The summed E-state index contributed by atoms with van der Waals surface area (Å²) in [4.78, 5) is 24.3. The molecule has 0 heterocycles. The number of carbonyl (C=O) groups is 2. The van der Waals surface area contributed by atoms with Crippen molar-refractivity contribution in [1.29, 1.82) is 0 Å². The molecule has 6 heteroatoms. The van der Waals surface area contributed by atoms with E-state index in [0.717, 1.165) is 5.56 Å². The van der Waals surface area contributed by atoms with Crippen LogP contribution in [0.3, 0.4) is 0 Å². The maximum absolute atomic E-state index is 12.2. The molecule has 3 rings (SSSR count). The maximum Gasteiger partial charge on any atom is 0.271 e. The zero-order valence-corrected chi connectivity index (χ0v) is 15.3. The van der Waals surface area contributed by atoms with Gasteiger partial charge in [-0.05, 0) is 48.5 Å². The van der Waals surface area contributed by atoms with Crippen molar-refractivity contribution >= 4 is 23.7 Å². The molecule has 28 heavy (non-hydrogen) atoms. The van der Waals surface area contributed by atoms with Crippen LogP contribution in [0.1, 0.15) is 26.3 Å². The van der Waals surface area contributed by atoms with Crippen molar-refractivity contribution in [3.8, 4) is 5.75 Å². The van der Waals surface area contributed by atoms with E-state index in [-0.39, 0.29) is 11.8 Å². The second-order valence-electron chi connectivity index (χ2n) is 5.84. The van der Waals surface area contributed by atoms with Crippen LogP contribution in [0.25, 0.3) is 0 Å². The SMILES string of the molecule is COc1ccccc1/C=N/NC(=O)c1ccc(NC(=O)c2ccccc2)cc1. The van der Waals surface area contributed by atoms with Crippen LogP contribution in [0.15, 0.2) is 84.0 Å². The standard InChI is InChI=1S/C22H19N3O3/c1-28-20-10-6-5-9-18(20)15-23-25-22(27)17-11-13-19(14-12-17)24-21(26)16-7-3-2-4-8-16/h2-15H,1H3,(H,24,26)(H,25,27)/b23-15+. The lowest BCUT2D eigenvalue weighted by molar-refractivity contribution is 0.0954. The van der Waals surface area contributed by atoms with Gasteiger partial charge >= 0.3 is 0 Å². The van der Waals surface area contributed by atoms with Crippen molar-refractivity contribution in [3.63, 3.8) is 0 Å². The van der Waals surface area contributed by atoms with Crippen LogP contribution in [-0.2, 0) is 0 Å². The number of methoxy groups -OCH3 is 1. The number of carbonyl (C=O) groups excluding carboxylic acids is 2. The molecule has 3 aromatic carbocycles. The monoisotopic (exact) mass is 373 g/mol. The summed E-state index contributed by atoms with van der Waals surface area (Å²) in [5.41, 5.74) is 4.82. The summed E-state index contributed by atoms with van der Waals surface area (Å²) in [6.07, 6.45) is 1.52. The second-order valence-corrected chi connectivity index (χ2v) is 5.84. The molecule has 0 fully saturated rings. The lowest BCUT2D eigenvalue weighted by Gasteiger charge is -2.06. The first-order valence-electron chi connectivity index (χ1n) is 8.60. The van der Waals surface area contributed by atoms with Crippen molar-refractivity contribution in [2.24, 2.45) is 5.10 Å². The molecule has 140 valence electrons. The smallest absolute Gasteiger partial charge is 0.271 e. The third kappa shape index (κ3) is 4.82. The molecule has 6 nitrogen and oxygen atoms in total. The molecule has 0 bridgehead atoms. The number of hydrazone groups is 1. The lowest BCUT2D eigenvalue weighted by Crippen LogP contribution is -2.18. The predicted octanol–water partition coefficient (Wildman–Crippen LogP) is 3.71. The Labute approximate surface area is 162 Å². The summed E-state index contributed by atoms with van der Waals surface area (Å²) < 4.78 is 5.23. The van der Waals surface area contributed by atoms with E-state index < -0.39 is 0 Å². The van der Waals surface area contributed by atoms with Crippen LogP contribution in [0.4, 0.5) is 5.69 Å². The van der Waals surface area contributed by atoms with Gasteiger partial charge in [-0.15, -0.1) is 0 Å². The zero-order valence-electron chi connectivity index (χ0n) is 15.3. The van der Waals surface area contributed by atoms with Gasteiger partial charge in [-0.2, -0.15) is 5.10 Å². The summed E-state index contributed by atoms with van der Waals surface area (Å²) in [7, 11) is 1.57. The van der Waals surface area contributed by atoms with Gasteiger partial charge in [-0.3, -0.25) is 9.59 Å². The highest BCUT2D eigenvalue weighted by atomic mass is 16.5. The number of rotatable bonds is 6. The Hall–Kier alpha value is -3.93. The highest BCUT2D eigenvalue weighted by Gasteiger charge is 2.07. The minimum atomic E-state index is -0.355. The fourth-order valence-corrected chi connectivity index (χ4v) is 2.50. The van der Waals surface area contributed by atoms with Crippen molar-refractivity contribution in [2.45, 2.75) is 0 Å². The molecule has 2 N–H and O–H groups in total.